The number of nitriles is 1. The van der Waals surface area contributed by atoms with Crippen molar-refractivity contribution in [1.29, 1.82) is 5.26 Å². The molecule has 0 bridgehead atoms. The van der Waals surface area contributed by atoms with Gasteiger partial charge in [-0.2, -0.15) is 5.26 Å². The van der Waals surface area contributed by atoms with Gasteiger partial charge in [-0.25, -0.2) is 0 Å². The van der Waals surface area contributed by atoms with Crippen molar-refractivity contribution in [3.05, 3.63) is 35.9 Å². The summed E-state index contributed by atoms with van der Waals surface area (Å²) >= 11 is 0. The fourth-order valence-electron chi connectivity index (χ4n) is 1.77. The first-order valence-electron chi connectivity index (χ1n) is 6.40. The average Bonchev–Trinajstić information content (AvgIpc) is 2.49. The van der Waals surface area contributed by atoms with Gasteiger partial charge < -0.3 is 10.1 Å². The predicted octanol–water partition coefficient (Wildman–Crippen LogP) is 2.99. The first kappa shape index (κ1) is 14.3. The molecule has 0 amide bonds. The van der Waals surface area contributed by atoms with E-state index in [4.69, 9.17) is 10.00 Å². The van der Waals surface area contributed by atoms with Crippen molar-refractivity contribution in [3.8, 4) is 11.8 Å². The Morgan fingerprint density at radius 1 is 1.28 bits per heavy atom. The van der Waals surface area contributed by atoms with Crippen LogP contribution in [0.4, 0.5) is 0 Å². The van der Waals surface area contributed by atoms with E-state index in [2.05, 4.69) is 11.4 Å². The highest BCUT2D eigenvalue weighted by molar-refractivity contribution is 5.67. The van der Waals surface area contributed by atoms with Gasteiger partial charge in [0, 0.05) is 6.54 Å². The van der Waals surface area contributed by atoms with Crippen molar-refractivity contribution in [2.45, 2.75) is 20.3 Å². The summed E-state index contributed by atoms with van der Waals surface area (Å²) in [5.74, 6) is 0.750. The third kappa shape index (κ3) is 4.23. The monoisotopic (exact) mass is 244 g/mol. The maximum Gasteiger partial charge on any atom is 0.174 e. The fourth-order valence-corrected chi connectivity index (χ4v) is 1.77. The van der Waals surface area contributed by atoms with Crippen molar-refractivity contribution in [1.82, 2.24) is 5.32 Å². The van der Waals surface area contributed by atoms with E-state index in [0.29, 0.717) is 0 Å². The van der Waals surface area contributed by atoms with Crippen LogP contribution in [0.5, 0.6) is 5.75 Å². The number of hydrogen-bond donors (Lipinski definition) is 1. The Morgan fingerprint density at radius 3 is 2.56 bits per heavy atom. The van der Waals surface area contributed by atoms with E-state index < -0.39 is 0 Å². The zero-order valence-corrected chi connectivity index (χ0v) is 11.1. The molecule has 18 heavy (non-hydrogen) atoms. The zero-order valence-electron chi connectivity index (χ0n) is 11.1. The lowest BCUT2D eigenvalue weighted by Gasteiger charge is -2.14. The molecule has 1 heterocycles. The Labute approximate surface area is 109 Å². The largest absolute Gasteiger partial charge is 0.479 e. The van der Waals surface area contributed by atoms with E-state index >= 15 is 0 Å². The van der Waals surface area contributed by atoms with Gasteiger partial charge >= 0.3 is 0 Å². The topological polar surface area (TPSA) is 45.0 Å². The summed E-state index contributed by atoms with van der Waals surface area (Å²) in [6.07, 6.45) is 3.28. The van der Waals surface area contributed by atoms with Gasteiger partial charge in [-0.15, -0.1) is 0 Å². The summed E-state index contributed by atoms with van der Waals surface area (Å²) in [5, 5.41) is 11.7. The number of benzene rings is 1. The second kappa shape index (κ2) is 8.32. The van der Waals surface area contributed by atoms with Crippen molar-refractivity contribution >= 4 is 5.57 Å². The Bertz CT molecular complexity index is 415. The maximum absolute atomic E-state index is 8.39. The molecule has 1 aliphatic rings. The molecule has 1 aliphatic heterocycles. The van der Waals surface area contributed by atoms with Crippen molar-refractivity contribution in [3.63, 3.8) is 0 Å². The van der Waals surface area contributed by atoms with E-state index in [1.807, 2.05) is 44.2 Å². The Kier molecular flexibility index (Phi) is 6.60. The van der Waals surface area contributed by atoms with Crippen molar-refractivity contribution in [2.75, 3.05) is 19.7 Å². The van der Waals surface area contributed by atoms with Crippen molar-refractivity contribution in [2.24, 2.45) is 0 Å². The smallest absolute Gasteiger partial charge is 0.174 e. The van der Waals surface area contributed by atoms with Crippen LogP contribution in [0.25, 0.3) is 5.57 Å². The van der Waals surface area contributed by atoms with Crippen LogP contribution in [0.15, 0.2) is 30.3 Å². The summed E-state index contributed by atoms with van der Waals surface area (Å²) in [4.78, 5) is 0. The maximum atomic E-state index is 8.39. The second-order valence-corrected chi connectivity index (χ2v) is 3.65. The molecular formula is C15H20N2O. The third-order valence-electron chi connectivity index (χ3n) is 2.59. The molecule has 1 N–H and O–H groups in total. The lowest BCUT2D eigenvalue weighted by Crippen LogP contribution is -2.19. The SMILES string of the molecule is CC.N#CCOc1ccc(C2=CCNCC2)cc1. The lowest BCUT2D eigenvalue weighted by molar-refractivity contribution is 0.368. The molecule has 0 fully saturated rings. The van der Waals surface area contributed by atoms with Crippen LogP contribution in [0.2, 0.25) is 0 Å². The molecule has 1 aromatic rings. The van der Waals surface area contributed by atoms with E-state index in [-0.39, 0.29) is 6.61 Å². The lowest BCUT2D eigenvalue weighted by atomic mass is 10.0. The second-order valence-electron chi connectivity index (χ2n) is 3.65. The van der Waals surface area contributed by atoms with Crippen LogP contribution in [0.3, 0.4) is 0 Å². The Hall–Kier alpha value is -1.79. The van der Waals surface area contributed by atoms with E-state index in [0.717, 1.165) is 25.3 Å². The first-order chi connectivity index (χ1) is 8.90. The standard InChI is InChI=1S/C13H14N2O.C2H6/c14-7-10-16-13-3-1-11(2-4-13)12-5-8-15-9-6-12;1-2/h1-5,15H,6,8-10H2;1-2H3. The minimum Gasteiger partial charge on any atom is -0.479 e. The van der Waals surface area contributed by atoms with Gasteiger partial charge in [-0.05, 0) is 36.2 Å². The summed E-state index contributed by atoms with van der Waals surface area (Å²) < 4.78 is 5.20. The van der Waals surface area contributed by atoms with Crippen LogP contribution in [0.1, 0.15) is 25.8 Å². The minimum atomic E-state index is 0.103. The molecule has 0 saturated heterocycles. The molecule has 0 unspecified atom stereocenters. The average molecular weight is 244 g/mol. The highest BCUT2D eigenvalue weighted by Crippen LogP contribution is 2.22. The van der Waals surface area contributed by atoms with E-state index in [1.54, 1.807) is 0 Å². The van der Waals surface area contributed by atoms with E-state index in [9.17, 15) is 0 Å². The molecule has 0 atom stereocenters. The van der Waals surface area contributed by atoms with Crippen LogP contribution >= 0.6 is 0 Å². The molecule has 3 heteroatoms. The molecule has 2 rings (SSSR count). The van der Waals surface area contributed by atoms with Crippen LogP contribution in [-0.2, 0) is 0 Å². The summed E-state index contributed by atoms with van der Waals surface area (Å²) in [7, 11) is 0. The number of ether oxygens (including phenoxy) is 1. The normalized spacial score (nSPS) is 13.7. The summed E-state index contributed by atoms with van der Waals surface area (Å²) in [5.41, 5.74) is 2.62. The van der Waals surface area contributed by atoms with Crippen LogP contribution < -0.4 is 10.1 Å². The summed E-state index contributed by atoms with van der Waals surface area (Å²) in [6, 6.07) is 9.87. The Balaban J connectivity index is 0.000000771. The summed E-state index contributed by atoms with van der Waals surface area (Å²) in [6.45, 7) is 6.09. The van der Waals surface area contributed by atoms with Crippen molar-refractivity contribution < 1.29 is 4.74 Å². The van der Waals surface area contributed by atoms with Crippen LogP contribution in [0, 0.1) is 11.3 Å². The van der Waals surface area contributed by atoms with Gasteiger partial charge in [-0.1, -0.05) is 32.1 Å². The molecule has 96 valence electrons. The van der Waals surface area contributed by atoms with Gasteiger partial charge in [0.25, 0.3) is 0 Å². The number of nitrogens with zero attached hydrogens (tertiary/aromatic N) is 1. The molecule has 3 nitrogen and oxygen atoms in total. The third-order valence-corrected chi connectivity index (χ3v) is 2.59. The molecule has 0 radical (unpaired) electrons. The van der Waals surface area contributed by atoms with Gasteiger partial charge in [0.05, 0.1) is 0 Å². The molecule has 1 aromatic carbocycles. The fraction of sp³-hybridized carbons (Fsp3) is 0.400. The predicted molar refractivity (Wildman–Crippen MR) is 74.4 cm³/mol. The van der Waals surface area contributed by atoms with Crippen LogP contribution in [-0.4, -0.2) is 19.7 Å². The molecule has 0 saturated carbocycles. The van der Waals surface area contributed by atoms with Gasteiger partial charge in [0.1, 0.15) is 11.8 Å². The minimum absolute atomic E-state index is 0.103. The number of nitrogens with one attached hydrogen (secondary N) is 1. The van der Waals surface area contributed by atoms with Gasteiger partial charge in [-0.3, -0.25) is 0 Å². The highest BCUT2D eigenvalue weighted by atomic mass is 16.5. The first-order valence-corrected chi connectivity index (χ1v) is 6.40. The highest BCUT2D eigenvalue weighted by Gasteiger charge is 2.05. The quantitative estimate of drug-likeness (QED) is 0.889. The van der Waals surface area contributed by atoms with E-state index in [1.165, 1.54) is 11.1 Å². The number of hydrogen-bond acceptors (Lipinski definition) is 3. The zero-order chi connectivity index (χ0) is 13.2. The Morgan fingerprint density at radius 2 is 2.00 bits per heavy atom. The molecular weight excluding hydrogens is 224 g/mol. The van der Waals surface area contributed by atoms with Gasteiger partial charge in [0.2, 0.25) is 0 Å². The molecule has 0 spiro atoms. The van der Waals surface area contributed by atoms with Gasteiger partial charge in [0.15, 0.2) is 6.61 Å². The molecule has 0 aromatic heterocycles. The molecule has 0 aliphatic carbocycles. The number of rotatable bonds is 3.